The normalized spacial score (nSPS) is 24.6. The fourth-order valence-electron chi connectivity index (χ4n) is 2.33. The van der Waals surface area contributed by atoms with Crippen LogP contribution in [0.2, 0.25) is 0 Å². The highest BCUT2D eigenvalue weighted by Gasteiger charge is 2.37. The highest BCUT2D eigenvalue weighted by molar-refractivity contribution is 6.02. The van der Waals surface area contributed by atoms with Gasteiger partial charge in [-0.05, 0) is 26.3 Å². The van der Waals surface area contributed by atoms with Crippen LogP contribution < -0.4 is 5.32 Å². The first-order chi connectivity index (χ1) is 7.40. The molecular weight excluding hydrogens is 198 g/mol. The van der Waals surface area contributed by atoms with Gasteiger partial charge < -0.3 is 5.32 Å². The maximum atomic E-state index is 12.1. The van der Waals surface area contributed by atoms with E-state index in [1.54, 1.807) is 0 Å². The average Bonchev–Trinajstić information content (AvgIpc) is 2.43. The Morgan fingerprint density at radius 3 is 2.44 bits per heavy atom. The predicted octanol–water partition coefficient (Wildman–Crippen LogP) is 2.95. The standard InChI is InChI=1S/C14H19NO/c1-9-12(15-14(2,3)4)10-7-5-6-8-11(10)13(9)16/h5-9,12,15H,1-4H3. The van der Waals surface area contributed by atoms with Crippen molar-refractivity contribution in [1.82, 2.24) is 5.32 Å². The highest BCUT2D eigenvalue weighted by Crippen LogP contribution is 2.36. The van der Waals surface area contributed by atoms with Crippen molar-refractivity contribution in [3.8, 4) is 0 Å². The van der Waals surface area contributed by atoms with Crippen molar-refractivity contribution in [3.05, 3.63) is 35.4 Å². The summed E-state index contributed by atoms with van der Waals surface area (Å²) in [6, 6.07) is 8.08. The van der Waals surface area contributed by atoms with E-state index in [4.69, 9.17) is 0 Å². The molecule has 0 saturated carbocycles. The molecule has 0 spiro atoms. The predicted molar refractivity (Wildman–Crippen MR) is 65.6 cm³/mol. The summed E-state index contributed by atoms with van der Waals surface area (Å²) >= 11 is 0. The van der Waals surface area contributed by atoms with Crippen molar-refractivity contribution in [2.45, 2.75) is 39.3 Å². The lowest BCUT2D eigenvalue weighted by molar-refractivity contribution is 0.0920. The molecule has 0 bridgehead atoms. The molecule has 2 nitrogen and oxygen atoms in total. The summed E-state index contributed by atoms with van der Waals surface area (Å²) in [5.41, 5.74) is 2.06. The minimum atomic E-state index is 0.0245. The first kappa shape index (κ1) is 11.3. The Hall–Kier alpha value is -1.15. The zero-order valence-electron chi connectivity index (χ0n) is 10.4. The van der Waals surface area contributed by atoms with Gasteiger partial charge in [0.25, 0.3) is 0 Å². The van der Waals surface area contributed by atoms with E-state index < -0.39 is 0 Å². The van der Waals surface area contributed by atoms with Gasteiger partial charge in [-0.1, -0.05) is 31.2 Å². The molecule has 1 aromatic rings. The van der Waals surface area contributed by atoms with E-state index in [0.29, 0.717) is 0 Å². The molecule has 0 radical (unpaired) electrons. The third kappa shape index (κ3) is 1.90. The monoisotopic (exact) mass is 217 g/mol. The first-order valence-corrected chi connectivity index (χ1v) is 5.81. The smallest absolute Gasteiger partial charge is 0.167 e. The maximum Gasteiger partial charge on any atom is 0.167 e. The van der Waals surface area contributed by atoms with Gasteiger partial charge in [-0.3, -0.25) is 4.79 Å². The number of Topliss-reactive ketones (excluding diaryl/α,β-unsaturated/α-hetero) is 1. The zero-order valence-corrected chi connectivity index (χ0v) is 10.4. The molecule has 1 N–H and O–H groups in total. The van der Waals surface area contributed by atoms with Crippen LogP contribution in [0.1, 0.15) is 49.7 Å². The van der Waals surface area contributed by atoms with Crippen molar-refractivity contribution < 1.29 is 4.79 Å². The van der Waals surface area contributed by atoms with E-state index in [0.717, 1.165) is 11.1 Å². The van der Waals surface area contributed by atoms with Crippen LogP contribution in [0.5, 0.6) is 0 Å². The summed E-state index contributed by atoms with van der Waals surface area (Å²) in [6.07, 6.45) is 0. The van der Waals surface area contributed by atoms with Crippen LogP contribution >= 0.6 is 0 Å². The molecule has 0 aliphatic heterocycles. The van der Waals surface area contributed by atoms with Gasteiger partial charge in [0, 0.05) is 23.1 Å². The van der Waals surface area contributed by atoms with E-state index in [9.17, 15) is 4.79 Å². The Labute approximate surface area is 97.1 Å². The van der Waals surface area contributed by atoms with Gasteiger partial charge in [0.05, 0.1) is 0 Å². The number of carbonyl (C=O) groups is 1. The van der Waals surface area contributed by atoms with Gasteiger partial charge in [-0.2, -0.15) is 0 Å². The lowest BCUT2D eigenvalue weighted by atomic mass is 9.98. The van der Waals surface area contributed by atoms with Crippen LogP contribution in [-0.2, 0) is 0 Å². The molecule has 0 aromatic heterocycles. The van der Waals surface area contributed by atoms with Crippen LogP contribution in [0.15, 0.2) is 24.3 Å². The summed E-state index contributed by atoms with van der Waals surface area (Å²) < 4.78 is 0. The van der Waals surface area contributed by atoms with E-state index in [1.807, 2.05) is 25.1 Å². The van der Waals surface area contributed by atoms with Crippen molar-refractivity contribution in [2.75, 3.05) is 0 Å². The van der Waals surface area contributed by atoms with Crippen molar-refractivity contribution in [3.63, 3.8) is 0 Å². The quantitative estimate of drug-likeness (QED) is 0.783. The Kier molecular flexibility index (Phi) is 2.62. The average molecular weight is 217 g/mol. The van der Waals surface area contributed by atoms with Gasteiger partial charge in [0.1, 0.15) is 0 Å². The van der Waals surface area contributed by atoms with E-state index in [1.165, 1.54) is 0 Å². The van der Waals surface area contributed by atoms with Gasteiger partial charge in [0.15, 0.2) is 5.78 Å². The van der Waals surface area contributed by atoms with Gasteiger partial charge in [-0.25, -0.2) is 0 Å². The molecule has 1 aliphatic carbocycles. The third-order valence-electron chi connectivity index (χ3n) is 3.06. The molecule has 2 unspecified atom stereocenters. The Bertz CT molecular complexity index is 417. The lowest BCUT2D eigenvalue weighted by Crippen LogP contribution is -2.40. The molecule has 16 heavy (non-hydrogen) atoms. The van der Waals surface area contributed by atoms with E-state index in [2.05, 4.69) is 32.2 Å². The molecule has 0 heterocycles. The highest BCUT2D eigenvalue weighted by atomic mass is 16.1. The fraction of sp³-hybridized carbons (Fsp3) is 0.500. The number of nitrogens with one attached hydrogen (secondary N) is 1. The number of fused-ring (bicyclic) bond motifs is 1. The van der Waals surface area contributed by atoms with Crippen molar-refractivity contribution in [2.24, 2.45) is 5.92 Å². The molecule has 0 saturated heterocycles. The fourth-order valence-corrected chi connectivity index (χ4v) is 2.33. The topological polar surface area (TPSA) is 29.1 Å². The summed E-state index contributed by atoms with van der Waals surface area (Å²) in [5, 5.41) is 3.53. The van der Waals surface area contributed by atoms with Crippen LogP contribution in [-0.4, -0.2) is 11.3 Å². The second kappa shape index (κ2) is 3.70. The second-order valence-corrected chi connectivity index (χ2v) is 5.61. The van der Waals surface area contributed by atoms with Gasteiger partial charge >= 0.3 is 0 Å². The molecule has 2 rings (SSSR count). The minimum Gasteiger partial charge on any atom is -0.305 e. The molecule has 0 fully saturated rings. The molecule has 1 aromatic carbocycles. The first-order valence-electron chi connectivity index (χ1n) is 5.81. The summed E-state index contributed by atoms with van der Waals surface area (Å²) in [7, 11) is 0. The number of carbonyl (C=O) groups excluding carboxylic acids is 1. The minimum absolute atomic E-state index is 0.0245. The SMILES string of the molecule is CC1C(=O)c2ccccc2C1NC(C)(C)C. The molecular formula is C14H19NO. The largest absolute Gasteiger partial charge is 0.305 e. The molecule has 0 amide bonds. The summed E-state index contributed by atoms with van der Waals surface area (Å²) in [5.74, 6) is 0.300. The lowest BCUT2D eigenvalue weighted by Gasteiger charge is -2.28. The van der Waals surface area contributed by atoms with Gasteiger partial charge in [-0.15, -0.1) is 0 Å². The molecule has 1 aliphatic rings. The zero-order chi connectivity index (χ0) is 11.9. The van der Waals surface area contributed by atoms with Crippen molar-refractivity contribution >= 4 is 5.78 Å². The molecule has 86 valence electrons. The second-order valence-electron chi connectivity index (χ2n) is 5.61. The maximum absolute atomic E-state index is 12.1. The molecule has 2 atom stereocenters. The number of ketones is 1. The Morgan fingerprint density at radius 2 is 1.81 bits per heavy atom. The van der Waals surface area contributed by atoms with Crippen LogP contribution in [0.25, 0.3) is 0 Å². The number of hydrogen-bond acceptors (Lipinski definition) is 2. The number of benzene rings is 1. The Balaban J connectivity index is 2.38. The Morgan fingerprint density at radius 1 is 1.19 bits per heavy atom. The number of rotatable bonds is 1. The van der Waals surface area contributed by atoms with Crippen LogP contribution in [0.4, 0.5) is 0 Å². The van der Waals surface area contributed by atoms with Crippen molar-refractivity contribution in [1.29, 1.82) is 0 Å². The van der Waals surface area contributed by atoms with E-state index in [-0.39, 0.29) is 23.3 Å². The van der Waals surface area contributed by atoms with Crippen LogP contribution in [0, 0.1) is 5.92 Å². The summed E-state index contributed by atoms with van der Waals surface area (Å²) in [6.45, 7) is 8.40. The number of hydrogen-bond donors (Lipinski definition) is 1. The third-order valence-corrected chi connectivity index (χ3v) is 3.06. The van der Waals surface area contributed by atoms with Crippen LogP contribution in [0.3, 0.4) is 0 Å². The van der Waals surface area contributed by atoms with Gasteiger partial charge in [0.2, 0.25) is 0 Å². The van der Waals surface area contributed by atoms with E-state index >= 15 is 0 Å². The summed E-state index contributed by atoms with van der Waals surface area (Å²) in [4.78, 5) is 12.1. The molecule has 2 heteroatoms.